The number of imidazole rings is 1. The van der Waals surface area contributed by atoms with E-state index >= 15 is 4.39 Å². The summed E-state index contributed by atoms with van der Waals surface area (Å²) >= 11 is 0. The lowest BCUT2D eigenvalue weighted by Crippen LogP contribution is -2.36. The number of rotatable bonds is 6. The van der Waals surface area contributed by atoms with Gasteiger partial charge in [0.1, 0.15) is 17.7 Å². The Morgan fingerprint density at radius 1 is 1.09 bits per heavy atom. The Balaban J connectivity index is 1.29. The summed E-state index contributed by atoms with van der Waals surface area (Å²) in [5.74, 6) is 0.123. The minimum Gasteiger partial charge on any atom is -0.481 e. The highest BCUT2D eigenvalue weighted by Crippen LogP contribution is 2.37. The normalized spacial score (nSPS) is 20.0. The zero-order valence-corrected chi connectivity index (χ0v) is 19.4. The van der Waals surface area contributed by atoms with Crippen molar-refractivity contribution < 1.29 is 23.8 Å². The maximum Gasteiger partial charge on any atom is 0.309 e. The van der Waals surface area contributed by atoms with Gasteiger partial charge in [0.05, 0.1) is 23.6 Å². The van der Waals surface area contributed by atoms with Gasteiger partial charge in [-0.3, -0.25) is 4.79 Å². The van der Waals surface area contributed by atoms with E-state index in [0.717, 1.165) is 5.56 Å². The molecule has 0 bridgehead atoms. The fourth-order valence-electron chi connectivity index (χ4n) is 4.35. The van der Waals surface area contributed by atoms with Crippen molar-refractivity contribution in [3.63, 3.8) is 0 Å². The number of carboxylic acid groups (broad SMARTS) is 1. The van der Waals surface area contributed by atoms with E-state index in [4.69, 9.17) is 9.47 Å². The number of carbonyl (C=O) groups is 1. The molecule has 0 spiro atoms. The standard InChI is InChI=1S/C26H25FN4O4/c1-26(25(32)33)11-9-17(10-12-26)35-21-7-4-16(14-28-21)15-3-5-18(19(27)13-15)23-29-20-6-8-22(34-2)30-24(20)31-23/h3-8,13-14,17H,9-12H2,1-2H3,(H,32,33)(H,29,30,31). The van der Waals surface area contributed by atoms with Crippen LogP contribution in [-0.4, -0.2) is 44.2 Å². The third kappa shape index (κ3) is 4.53. The molecule has 8 nitrogen and oxygen atoms in total. The molecule has 4 aromatic rings. The van der Waals surface area contributed by atoms with E-state index in [1.54, 1.807) is 37.4 Å². The molecule has 0 saturated heterocycles. The summed E-state index contributed by atoms with van der Waals surface area (Å²) in [7, 11) is 1.53. The molecule has 0 aliphatic heterocycles. The van der Waals surface area contributed by atoms with E-state index in [0.29, 0.717) is 65.6 Å². The average Bonchev–Trinajstić information content (AvgIpc) is 3.29. The van der Waals surface area contributed by atoms with Crippen LogP contribution in [0.25, 0.3) is 33.7 Å². The van der Waals surface area contributed by atoms with Crippen molar-refractivity contribution in [2.45, 2.75) is 38.7 Å². The average molecular weight is 477 g/mol. The number of fused-ring (bicyclic) bond motifs is 1. The minimum absolute atomic E-state index is 0.0595. The third-order valence-electron chi connectivity index (χ3n) is 6.66. The Labute approximate surface area is 201 Å². The van der Waals surface area contributed by atoms with Crippen LogP contribution in [0.4, 0.5) is 4.39 Å². The number of H-pyrrole nitrogens is 1. The summed E-state index contributed by atoms with van der Waals surface area (Å²) in [5.41, 5.74) is 2.23. The van der Waals surface area contributed by atoms with Crippen molar-refractivity contribution >= 4 is 17.1 Å². The van der Waals surface area contributed by atoms with Gasteiger partial charge in [-0.1, -0.05) is 6.07 Å². The summed E-state index contributed by atoms with van der Waals surface area (Å²) in [6, 6.07) is 12.0. The second kappa shape index (κ2) is 8.98. The Hall–Kier alpha value is -4.01. The molecule has 3 heterocycles. The molecule has 1 fully saturated rings. The molecule has 0 radical (unpaired) electrons. The summed E-state index contributed by atoms with van der Waals surface area (Å²) in [6.07, 6.45) is 4.07. The van der Waals surface area contributed by atoms with Crippen LogP contribution in [0.2, 0.25) is 0 Å². The van der Waals surface area contributed by atoms with Gasteiger partial charge in [-0.05, 0) is 62.4 Å². The van der Waals surface area contributed by atoms with Crippen LogP contribution in [0.1, 0.15) is 32.6 Å². The van der Waals surface area contributed by atoms with Crippen LogP contribution in [-0.2, 0) is 4.79 Å². The number of hydrogen-bond donors (Lipinski definition) is 2. The zero-order chi connectivity index (χ0) is 24.6. The zero-order valence-electron chi connectivity index (χ0n) is 19.4. The predicted molar refractivity (Wildman–Crippen MR) is 128 cm³/mol. The summed E-state index contributed by atoms with van der Waals surface area (Å²) in [5, 5.41) is 9.37. The van der Waals surface area contributed by atoms with Crippen molar-refractivity contribution in [3.8, 4) is 34.3 Å². The number of aromatic amines is 1. The predicted octanol–water partition coefficient (Wildman–Crippen LogP) is 5.25. The van der Waals surface area contributed by atoms with E-state index in [1.165, 1.54) is 13.2 Å². The number of benzene rings is 1. The van der Waals surface area contributed by atoms with Crippen LogP contribution < -0.4 is 9.47 Å². The minimum atomic E-state index is -0.756. The van der Waals surface area contributed by atoms with Gasteiger partial charge >= 0.3 is 5.97 Å². The second-order valence-corrected chi connectivity index (χ2v) is 9.07. The van der Waals surface area contributed by atoms with Crippen LogP contribution in [0.3, 0.4) is 0 Å². The fourth-order valence-corrected chi connectivity index (χ4v) is 4.35. The first-order valence-corrected chi connectivity index (χ1v) is 11.4. The van der Waals surface area contributed by atoms with Gasteiger partial charge in [-0.25, -0.2) is 14.4 Å². The Kier molecular flexibility index (Phi) is 5.84. The van der Waals surface area contributed by atoms with E-state index in [1.807, 2.05) is 12.1 Å². The summed E-state index contributed by atoms with van der Waals surface area (Å²) in [6.45, 7) is 1.78. The maximum atomic E-state index is 15.0. The Morgan fingerprint density at radius 2 is 1.83 bits per heavy atom. The molecule has 1 aliphatic rings. The van der Waals surface area contributed by atoms with E-state index in [2.05, 4.69) is 19.9 Å². The molecule has 1 aromatic carbocycles. The third-order valence-corrected chi connectivity index (χ3v) is 6.66. The fraction of sp³-hybridized carbons (Fsp3) is 0.308. The van der Waals surface area contributed by atoms with Crippen LogP contribution in [0, 0.1) is 11.2 Å². The molecule has 0 amide bonds. The maximum absolute atomic E-state index is 15.0. The summed E-state index contributed by atoms with van der Waals surface area (Å²) in [4.78, 5) is 27.5. The highest BCUT2D eigenvalue weighted by Gasteiger charge is 2.38. The molecule has 0 unspecified atom stereocenters. The van der Waals surface area contributed by atoms with Crippen molar-refractivity contribution in [1.29, 1.82) is 0 Å². The first-order chi connectivity index (χ1) is 16.8. The van der Waals surface area contributed by atoms with Crippen LogP contribution in [0.5, 0.6) is 11.8 Å². The van der Waals surface area contributed by atoms with Gasteiger partial charge in [-0.15, -0.1) is 0 Å². The number of nitrogens with one attached hydrogen (secondary N) is 1. The number of hydrogen-bond acceptors (Lipinski definition) is 6. The first kappa shape index (κ1) is 22.8. The molecule has 35 heavy (non-hydrogen) atoms. The van der Waals surface area contributed by atoms with E-state index < -0.39 is 17.2 Å². The van der Waals surface area contributed by atoms with Crippen molar-refractivity contribution in [1.82, 2.24) is 19.9 Å². The van der Waals surface area contributed by atoms with Gasteiger partial charge < -0.3 is 19.6 Å². The number of nitrogens with zero attached hydrogens (tertiary/aromatic N) is 3. The number of ether oxygens (including phenoxy) is 2. The lowest BCUT2D eigenvalue weighted by molar-refractivity contribution is -0.150. The SMILES string of the molecule is COc1ccc2[nH]c(-c3ccc(-c4ccc(OC5CCC(C)(C(=O)O)CC5)nc4)cc3F)nc2n1. The van der Waals surface area contributed by atoms with Crippen molar-refractivity contribution in [3.05, 3.63) is 54.5 Å². The molecule has 1 saturated carbocycles. The quantitative estimate of drug-likeness (QED) is 0.391. The first-order valence-electron chi connectivity index (χ1n) is 11.4. The number of halogens is 1. The number of pyridine rings is 2. The van der Waals surface area contributed by atoms with Gasteiger partial charge in [0.2, 0.25) is 11.8 Å². The lowest BCUT2D eigenvalue weighted by Gasteiger charge is -2.33. The Morgan fingerprint density at radius 3 is 2.49 bits per heavy atom. The number of methoxy groups -OCH3 is 1. The second-order valence-electron chi connectivity index (χ2n) is 9.07. The molecule has 0 atom stereocenters. The largest absolute Gasteiger partial charge is 0.481 e. The number of aliphatic carboxylic acids is 1. The smallest absolute Gasteiger partial charge is 0.309 e. The lowest BCUT2D eigenvalue weighted by atomic mass is 9.75. The monoisotopic (exact) mass is 476 g/mol. The molecule has 180 valence electrons. The highest BCUT2D eigenvalue weighted by molar-refractivity contribution is 5.77. The molecule has 3 aromatic heterocycles. The number of aromatic nitrogens is 4. The molecule has 1 aliphatic carbocycles. The van der Waals surface area contributed by atoms with Crippen LogP contribution in [0.15, 0.2) is 48.7 Å². The van der Waals surface area contributed by atoms with E-state index in [9.17, 15) is 9.90 Å². The molecular formula is C26H25FN4O4. The van der Waals surface area contributed by atoms with Gasteiger partial charge in [0, 0.05) is 23.9 Å². The summed E-state index contributed by atoms with van der Waals surface area (Å²) < 4.78 is 26.1. The molecule has 5 rings (SSSR count). The topological polar surface area (TPSA) is 110 Å². The molecular weight excluding hydrogens is 451 g/mol. The molecule has 9 heteroatoms. The van der Waals surface area contributed by atoms with E-state index in [-0.39, 0.29) is 6.10 Å². The van der Waals surface area contributed by atoms with Gasteiger partial charge in [0.25, 0.3) is 0 Å². The van der Waals surface area contributed by atoms with Crippen LogP contribution >= 0.6 is 0 Å². The highest BCUT2D eigenvalue weighted by atomic mass is 19.1. The van der Waals surface area contributed by atoms with Crippen molar-refractivity contribution in [2.75, 3.05) is 7.11 Å². The van der Waals surface area contributed by atoms with Crippen molar-refractivity contribution in [2.24, 2.45) is 5.41 Å². The Bertz CT molecular complexity index is 1380. The molecule has 2 N–H and O–H groups in total. The number of carboxylic acids is 1. The van der Waals surface area contributed by atoms with Gasteiger partial charge in [0.15, 0.2) is 5.65 Å². The van der Waals surface area contributed by atoms with Gasteiger partial charge in [-0.2, -0.15) is 4.98 Å².